The normalized spacial score (nSPS) is 24.4. The minimum Gasteiger partial charge on any atom is -0.328 e. The first-order valence-corrected chi connectivity index (χ1v) is 7.08. The van der Waals surface area contributed by atoms with Gasteiger partial charge in [-0.2, -0.15) is 0 Å². The van der Waals surface area contributed by atoms with Gasteiger partial charge in [0.1, 0.15) is 0 Å². The molecule has 0 bridgehead atoms. The Kier molecular flexibility index (Phi) is 5.14. The van der Waals surface area contributed by atoms with Crippen LogP contribution >= 0.6 is 0 Å². The third-order valence-corrected chi connectivity index (χ3v) is 3.87. The van der Waals surface area contributed by atoms with Gasteiger partial charge in [-0.1, -0.05) is 12.5 Å². The average Bonchev–Trinajstić information content (AvgIpc) is 2.38. The van der Waals surface area contributed by atoms with E-state index in [1.807, 2.05) is 12.3 Å². The van der Waals surface area contributed by atoms with Crippen molar-refractivity contribution in [2.75, 3.05) is 20.1 Å². The van der Waals surface area contributed by atoms with Crippen LogP contribution in [0.3, 0.4) is 0 Å². The summed E-state index contributed by atoms with van der Waals surface area (Å²) < 4.78 is 0. The Labute approximate surface area is 110 Å². The van der Waals surface area contributed by atoms with Crippen molar-refractivity contribution in [1.29, 1.82) is 0 Å². The van der Waals surface area contributed by atoms with Crippen LogP contribution < -0.4 is 5.73 Å². The van der Waals surface area contributed by atoms with Crippen LogP contribution in [0.25, 0.3) is 0 Å². The molecule has 100 valence electrons. The largest absolute Gasteiger partial charge is 0.328 e. The van der Waals surface area contributed by atoms with Crippen LogP contribution in [0.4, 0.5) is 0 Å². The summed E-state index contributed by atoms with van der Waals surface area (Å²) in [6, 6.07) is 6.57. The van der Waals surface area contributed by atoms with Gasteiger partial charge in [0.2, 0.25) is 0 Å². The van der Waals surface area contributed by atoms with Crippen LogP contribution in [-0.2, 0) is 6.42 Å². The van der Waals surface area contributed by atoms with Gasteiger partial charge < -0.3 is 10.6 Å². The summed E-state index contributed by atoms with van der Waals surface area (Å²) in [4.78, 5) is 6.79. The summed E-state index contributed by atoms with van der Waals surface area (Å²) in [6.07, 6.45) is 7.98. The highest BCUT2D eigenvalue weighted by Gasteiger charge is 2.20. The standard InChI is InChI=1S/C15H25N3/c1-18(10-8-15-7-2-3-9-17-15)12-13-5-4-6-14(16)11-13/h2-3,7,9,13-14H,4-6,8,10-12,16H2,1H3. The molecular formula is C15H25N3. The van der Waals surface area contributed by atoms with Crippen LogP contribution in [0.15, 0.2) is 24.4 Å². The Morgan fingerprint density at radius 1 is 1.39 bits per heavy atom. The molecule has 1 heterocycles. The van der Waals surface area contributed by atoms with Gasteiger partial charge in [0.25, 0.3) is 0 Å². The summed E-state index contributed by atoms with van der Waals surface area (Å²) >= 11 is 0. The van der Waals surface area contributed by atoms with Crippen LogP contribution in [0, 0.1) is 5.92 Å². The number of nitrogens with zero attached hydrogens (tertiary/aromatic N) is 2. The van der Waals surface area contributed by atoms with E-state index in [2.05, 4.69) is 29.1 Å². The van der Waals surface area contributed by atoms with Gasteiger partial charge in [0.15, 0.2) is 0 Å². The van der Waals surface area contributed by atoms with Crippen LogP contribution in [0.2, 0.25) is 0 Å². The first-order chi connectivity index (χ1) is 8.74. The molecule has 0 spiro atoms. The Morgan fingerprint density at radius 2 is 2.28 bits per heavy atom. The quantitative estimate of drug-likeness (QED) is 0.866. The lowest BCUT2D eigenvalue weighted by Gasteiger charge is -2.30. The van der Waals surface area contributed by atoms with E-state index in [0.717, 1.165) is 18.9 Å². The van der Waals surface area contributed by atoms with Crippen molar-refractivity contribution in [2.45, 2.75) is 38.1 Å². The highest BCUT2D eigenvalue weighted by atomic mass is 15.1. The third kappa shape index (κ3) is 4.39. The van der Waals surface area contributed by atoms with E-state index in [1.54, 1.807) is 0 Å². The van der Waals surface area contributed by atoms with Crippen molar-refractivity contribution >= 4 is 0 Å². The highest BCUT2D eigenvalue weighted by Crippen LogP contribution is 2.23. The number of aromatic nitrogens is 1. The Morgan fingerprint density at radius 3 is 3.00 bits per heavy atom. The highest BCUT2D eigenvalue weighted by molar-refractivity contribution is 5.03. The van der Waals surface area contributed by atoms with Gasteiger partial charge in [-0.3, -0.25) is 4.98 Å². The van der Waals surface area contributed by atoms with Crippen LogP contribution in [0.5, 0.6) is 0 Å². The minimum atomic E-state index is 0.438. The fraction of sp³-hybridized carbons (Fsp3) is 0.667. The van der Waals surface area contributed by atoms with Gasteiger partial charge in [0.05, 0.1) is 0 Å². The smallest absolute Gasteiger partial charge is 0.0416 e. The van der Waals surface area contributed by atoms with E-state index in [4.69, 9.17) is 5.73 Å². The Bertz CT molecular complexity index is 339. The molecule has 1 aromatic rings. The zero-order chi connectivity index (χ0) is 12.8. The Balaban J connectivity index is 1.70. The van der Waals surface area contributed by atoms with Crippen molar-refractivity contribution in [3.63, 3.8) is 0 Å². The molecule has 3 nitrogen and oxygen atoms in total. The van der Waals surface area contributed by atoms with Gasteiger partial charge in [-0.15, -0.1) is 0 Å². The number of hydrogen-bond donors (Lipinski definition) is 1. The van der Waals surface area contributed by atoms with Crippen molar-refractivity contribution in [2.24, 2.45) is 11.7 Å². The zero-order valence-corrected chi connectivity index (χ0v) is 11.4. The van der Waals surface area contributed by atoms with Gasteiger partial charge >= 0.3 is 0 Å². The van der Waals surface area contributed by atoms with E-state index >= 15 is 0 Å². The second-order valence-corrected chi connectivity index (χ2v) is 5.63. The van der Waals surface area contributed by atoms with Crippen LogP contribution in [0.1, 0.15) is 31.4 Å². The fourth-order valence-electron chi connectivity index (χ4n) is 2.88. The van der Waals surface area contributed by atoms with Gasteiger partial charge in [0, 0.05) is 37.4 Å². The van der Waals surface area contributed by atoms with Crippen LogP contribution in [-0.4, -0.2) is 36.1 Å². The first-order valence-electron chi connectivity index (χ1n) is 7.08. The molecule has 0 aromatic carbocycles. The molecule has 1 aromatic heterocycles. The molecular weight excluding hydrogens is 222 g/mol. The lowest BCUT2D eigenvalue weighted by Crippen LogP contribution is -2.35. The number of rotatable bonds is 5. The second-order valence-electron chi connectivity index (χ2n) is 5.63. The third-order valence-electron chi connectivity index (χ3n) is 3.87. The molecule has 0 amide bonds. The topological polar surface area (TPSA) is 42.2 Å². The van der Waals surface area contributed by atoms with Gasteiger partial charge in [-0.25, -0.2) is 0 Å². The molecule has 1 aliphatic rings. The molecule has 3 heteroatoms. The van der Waals surface area contributed by atoms with Crippen molar-refractivity contribution in [1.82, 2.24) is 9.88 Å². The lowest BCUT2D eigenvalue weighted by molar-refractivity contribution is 0.223. The van der Waals surface area contributed by atoms with Gasteiger partial charge in [-0.05, 0) is 44.4 Å². The molecule has 0 aliphatic heterocycles. The minimum absolute atomic E-state index is 0.438. The van der Waals surface area contributed by atoms with E-state index in [1.165, 1.54) is 37.9 Å². The SMILES string of the molecule is CN(CCc1ccccn1)CC1CCCC(N)C1. The van der Waals surface area contributed by atoms with Crippen molar-refractivity contribution < 1.29 is 0 Å². The maximum absolute atomic E-state index is 6.04. The maximum atomic E-state index is 6.04. The van der Waals surface area contributed by atoms with E-state index in [0.29, 0.717) is 6.04 Å². The number of pyridine rings is 1. The summed E-state index contributed by atoms with van der Waals surface area (Å²) in [5, 5.41) is 0. The second kappa shape index (κ2) is 6.86. The zero-order valence-electron chi connectivity index (χ0n) is 11.4. The van der Waals surface area contributed by atoms with E-state index < -0.39 is 0 Å². The molecule has 18 heavy (non-hydrogen) atoms. The van der Waals surface area contributed by atoms with E-state index in [-0.39, 0.29) is 0 Å². The number of hydrogen-bond acceptors (Lipinski definition) is 3. The van der Waals surface area contributed by atoms with E-state index in [9.17, 15) is 0 Å². The molecule has 2 N–H and O–H groups in total. The molecule has 2 rings (SSSR count). The molecule has 1 aliphatic carbocycles. The van der Waals surface area contributed by atoms with Crippen molar-refractivity contribution in [3.05, 3.63) is 30.1 Å². The lowest BCUT2D eigenvalue weighted by atomic mass is 9.86. The molecule has 0 radical (unpaired) electrons. The van der Waals surface area contributed by atoms with Crippen molar-refractivity contribution in [3.8, 4) is 0 Å². The molecule has 1 fully saturated rings. The maximum Gasteiger partial charge on any atom is 0.0416 e. The number of likely N-dealkylation sites (N-methyl/N-ethyl adjacent to an activating group) is 1. The predicted octanol–water partition coefficient (Wildman–Crippen LogP) is 2.07. The average molecular weight is 247 g/mol. The Hall–Kier alpha value is -0.930. The molecule has 1 saturated carbocycles. The fourth-order valence-corrected chi connectivity index (χ4v) is 2.88. The molecule has 2 atom stereocenters. The summed E-state index contributed by atoms with van der Waals surface area (Å²) in [7, 11) is 2.21. The first kappa shape index (κ1) is 13.5. The number of nitrogens with two attached hydrogens (primary N) is 1. The summed E-state index contributed by atoms with van der Waals surface area (Å²) in [6.45, 7) is 2.27. The molecule has 2 unspecified atom stereocenters. The monoisotopic (exact) mass is 247 g/mol. The predicted molar refractivity (Wildman–Crippen MR) is 75.4 cm³/mol. The molecule has 0 saturated heterocycles. The summed E-state index contributed by atoms with van der Waals surface area (Å²) in [5.74, 6) is 0.794. The summed E-state index contributed by atoms with van der Waals surface area (Å²) in [5.41, 5.74) is 7.22.